The van der Waals surface area contributed by atoms with E-state index in [1.54, 1.807) is 4.90 Å². The van der Waals surface area contributed by atoms with Crippen molar-refractivity contribution >= 4 is 17.6 Å². The highest BCUT2D eigenvalue weighted by atomic mass is 35.5. The predicted molar refractivity (Wildman–Crippen MR) is 111 cm³/mol. The van der Waals surface area contributed by atoms with E-state index in [4.69, 9.17) is 11.6 Å². The molecular weight excluding hydrogens is 452 g/mol. The summed E-state index contributed by atoms with van der Waals surface area (Å²) in [5.74, 6) is -0.538. The number of aromatic nitrogens is 1. The smallest absolute Gasteiger partial charge is 0.422 e. The summed E-state index contributed by atoms with van der Waals surface area (Å²) >= 11 is 6.02. The summed E-state index contributed by atoms with van der Waals surface area (Å²) in [4.78, 5) is 18.7. The minimum Gasteiger partial charge on any atom is -0.483 e. The van der Waals surface area contributed by atoms with Crippen molar-refractivity contribution < 1.29 is 27.1 Å². The fourth-order valence-electron chi connectivity index (χ4n) is 3.37. The zero-order valence-electron chi connectivity index (χ0n) is 17.1. The lowest BCUT2D eigenvalue weighted by Gasteiger charge is -2.34. The molecular formula is C21H23ClF4N4O2. The lowest BCUT2D eigenvalue weighted by atomic mass is 10.0. The average Bonchev–Trinajstić information content (AvgIpc) is 2.76. The Morgan fingerprint density at radius 3 is 2.62 bits per heavy atom. The first kappa shape index (κ1) is 24.1. The number of pyridine rings is 1. The first-order valence-electron chi connectivity index (χ1n) is 10.0. The topological polar surface area (TPSA) is 66.5 Å². The van der Waals surface area contributed by atoms with Gasteiger partial charge >= 0.3 is 12.2 Å². The molecule has 11 heteroatoms. The molecule has 2 amide bonds. The Labute approximate surface area is 187 Å². The van der Waals surface area contributed by atoms with Crippen molar-refractivity contribution in [3.05, 3.63) is 58.6 Å². The van der Waals surface area contributed by atoms with Gasteiger partial charge in [0.05, 0.1) is 23.5 Å². The van der Waals surface area contributed by atoms with E-state index >= 15 is 0 Å². The Bertz CT molecular complexity index is 906. The van der Waals surface area contributed by atoms with Gasteiger partial charge < -0.3 is 20.3 Å². The van der Waals surface area contributed by atoms with E-state index in [0.717, 1.165) is 32.1 Å². The van der Waals surface area contributed by atoms with Crippen LogP contribution in [-0.4, -0.2) is 47.8 Å². The van der Waals surface area contributed by atoms with Crippen LogP contribution in [-0.2, 0) is 13.1 Å². The van der Waals surface area contributed by atoms with Gasteiger partial charge in [0.2, 0.25) is 0 Å². The fourth-order valence-corrected chi connectivity index (χ4v) is 3.63. The van der Waals surface area contributed by atoms with Gasteiger partial charge in [-0.25, -0.2) is 9.18 Å². The van der Waals surface area contributed by atoms with Gasteiger partial charge in [0.15, 0.2) is 6.61 Å². The molecule has 1 saturated heterocycles. The number of amides is 2. The van der Waals surface area contributed by atoms with Crippen LogP contribution in [0.1, 0.15) is 24.1 Å². The molecule has 0 atom stereocenters. The third-order valence-corrected chi connectivity index (χ3v) is 5.26. The molecule has 0 radical (unpaired) electrons. The first-order valence-corrected chi connectivity index (χ1v) is 10.4. The van der Waals surface area contributed by atoms with E-state index in [1.807, 2.05) is 0 Å². The number of piperidine rings is 1. The van der Waals surface area contributed by atoms with E-state index in [1.165, 1.54) is 30.3 Å². The molecule has 0 unspecified atom stereocenters. The van der Waals surface area contributed by atoms with Gasteiger partial charge in [-0.05, 0) is 55.8 Å². The standard InChI is InChI=1S/C21H23ClF4N4O2/c22-18-9-14(1-4-19(18)32-13-21(24,25)26)10-29-20(31)30(17-5-7-27-8-6-17)12-16-3-2-15(23)11-28-16/h1-4,9,11,17,27H,5-8,10,12-13H2,(H,29,31). The summed E-state index contributed by atoms with van der Waals surface area (Å²) in [7, 11) is 0. The zero-order valence-corrected chi connectivity index (χ0v) is 17.8. The third-order valence-electron chi connectivity index (χ3n) is 4.96. The second kappa shape index (κ2) is 10.8. The number of benzene rings is 1. The van der Waals surface area contributed by atoms with Crippen molar-refractivity contribution in [2.75, 3.05) is 19.7 Å². The van der Waals surface area contributed by atoms with Crippen molar-refractivity contribution in [3.63, 3.8) is 0 Å². The molecule has 2 heterocycles. The Hall–Kier alpha value is -2.59. The fraction of sp³-hybridized carbons (Fsp3) is 0.429. The molecule has 3 rings (SSSR count). The Morgan fingerprint density at radius 1 is 1.25 bits per heavy atom. The number of nitrogens with one attached hydrogen (secondary N) is 2. The SMILES string of the molecule is O=C(NCc1ccc(OCC(F)(F)F)c(Cl)c1)N(Cc1ccc(F)cn1)C1CCNCC1. The van der Waals surface area contributed by atoms with Crippen LogP contribution in [0.15, 0.2) is 36.5 Å². The maximum atomic E-state index is 13.2. The van der Waals surface area contributed by atoms with E-state index in [0.29, 0.717) is 11.3 Å². The van der Waals surface area contributed by atoms with E-state index < -0.39 is 18.6 Å². The summed E-state index contributed by atoms with van der Waals surface area (Å²) in [6, 6.07) is 6.82. The summed E-state index contributed by atoms with van der Waals surface area (Å²) in [6.45, 7) is 0.462. The molecule has 1 fully saturated rings. The minimum absolute atomic E-state index is 0.00941. The van der Waals surface area contributed by atoms with Crippen molar-refractivity contribution in [2.24, 2.45) is 0 Å². The molecule has 2 aromatic rings. The summed E-state index contributed by atoms with van der Waals surface area (Å²) in [6.07, 6.45) is -1.82. The Kier molecular flexibility index (Phi) is 8.14. The van der Waals surface area contributed by atoms with E-state index in [9.17, 15) is 22.4 Å². The van der Waals surface area contributed by atoms with Crippen LogP contribution in [0.3, 0.4) is 0 Å². The molecule has 0 saturated carbocycles. The number of nitrogens with zero attached hydrogens (tertiary/aromatic N) is 2. The molecule has 6 nitrogen and oxygen atoms in total. The number of ether oxygens (including phenoxy) is 1. The predicted octanol–water partition coefficient (Wildman–Crippen LogP) is 4.28. The summed E-state index contributed by atoms with van der Waals surface area (Å²) < 4.78 is 54.8. The average molecular weight is 475 g/mol. The molecule has 1 aromatic heterocycles. The molecule has 2 N–H and O–H groups in total. The third kappa shape index (κ3) is 7.23. The minimum atomic E-state index is -4.46. The summed E-state index contributed by atoms with van der Waals surface area (Å²) in [5.41, 5.74) is 1.17. The van der Waals surface area contributed by atoms with Crippen LogP contribution >= 0.6 is 11.6 Å². The Morgan fingerprint density at radius 2 is 2.00 bits per heavy atom. The lowest BCUT2D eigenvalue weighted by Crippen LogP contribution is -2.49. The maximum absolute atomic E-state index is 13.2. The van der Waals surface area contributed by atoms with Crippen LogP contribution in [0, 0.1) is 5.82 Å². The van der Waals surface area contributed by atoms with Crippen LogP contribution in [0.25, 0.3) is 0 Å². The molecule has 32 heavy (non-hydrogen) atoms. The second-order valence-corrected chi connectivity index (χ2v) is 7.81. The van der Waals surface area contributed by atoms with Gasteiger partial charge in [-0.15, -0.1) is 0 Å². The number of halogens is 5. The molecule has 0 bridgehead atoms. The molecule has 1 aliphatic heterocycles. The van der Waals surface area contributed by atoms with Gasteiger partial charge in [-0.3, -0.25) is 4.98 Å². The Balaban J connectivity index is 1.63. The number of urea groups is 1. The number of carbonyl (C=O) groups excluding carboxylic acids is 1. The van der Waals surface area contributed by atoms with Crippen molar-refractivity contribution in [1.29, 1.82) is 0 Å². The van der Waals surface area contributed by atoms with Gasteiger partial charge in [-0.1, -0.05) is 17.7 Å². The summed E-state index contributed by atoms with van der Waals surface area (Å²) in [5, 5.41) is 6.08. The van der Waals surface area contributed by atoms with E-state index in [-0.39, 0.29) is 35.9 Å². The van der Waals surface area contributed by atoms with Crippen LogP contribution in [0.5, 0.6) is 5.75 Å². The number of rotatable bonds is 7. The first-order chi connectivity index (χ1) is 15.2. The van der Waals surface area contributed by atoms with Crippen LogP contribution in [0.4, 0.5) is 22.4 Å². The van der Waals surface area contributed by atoms with Gasteiger partial charge in [0.1, 0.15) is 11.6 Å². The van der Waals surface area contributed by atoms with Crippen molar-refractivity contribution in [3.8, 4) is 5.75 Å². The monoisotopic (exact) mass is 474 g/mol. The van der Waals surface area contributed by atoms with Crippen LogP contribution < -0.4 is 15.4 Å². The molecule has 174 valence electrons. The molecule has 1 aromatic carbocycles. The second-order valence-electron chi connectivity index (χ2n) is 7.40. The number of alkyl halides is 3. The highest BCUT2D eigenvalue weighted by Crippen LogP contribution is 2.27. The zero-order chi connectivity index (χ0) is 23.1. The highest BCUT2D eigenvalue weighted by molar-refractivity contribution is 6.32. The number of carbonyl (C=O) groups is 1. The lowest BCUT2D eigenvalue weighted by molar-refractivity contribution is -0.153. The molecule has 1 aliphatic rings. The van der Waals surface area contributed by atoms with Gasteiger partial charge in [0.25, 0.3) is 0 Å². The molecule has 0 aliphatic carbocycles. The van der Waals surface area contributed by atoms with Crippen molar-refractivity contribution in [1.82, 2.24) is 20.5 Å². The quantitative estimate of drug-likeness (QED) is 0.588. The maximum Gasteiger partial charge on any atom is 0.422 e. The van der Waals surface area contributed by atoms with E-state index in [2.05, 4.69) is 20.4 Å². The van der Waals surface area contributed by atoms with Crippen molar-refractivity contribution in [2.45, 2.75) is 38.1 Å². The van der Waals surface area contributed by atoms with Gasteiger partial charge in [-0.2, -0.15) is 13.2 Å². The normalized spacial score (nSPS) is 14.8. The largest absolute Gasteiger partial charge is 0.483 e. The van der Waals surface area contributed by atoms with Gasteiger partial charge in [0, 0.05) is 12.6 Å². The molecule has 0 spiro atoms. The van der Waals surface area contributed by atoms with Crippen LogP contribution in [0.2, 0.25) is 5.02 Å². The number of hydrogen-bond acceptors (Lipinski definition) is 4. The highest BCUT2D eigenvalue weighted by Gasteiger charge is 2.29. The number of hydrogen-bond donors (Lipinski definition) is 2.